The second-order valence-electron chi connectivity index (χ2n) is 8.22. The Morgan fingerprint density at radius 1 is 1.00 bits per heavy atom. The van der Waals surface area contributed by atoms with Crippen molar-refractivity contribution in [2.24, 2.45) is 0 Å². The number of hydrogen-bond acceptors (Lipinski definition) is 6. The van der Waals surface area contributed by atoms with E-state index < -0.39 is 0 Å². The molecule has 0 spiro atoms. The fraction of sp³-hybridized carbons (Fsp3) is 0.292. The number of rotatable bonds is 4. The molecule has 170 valence electrons. The van der Waals surface area contributed by atoms with Gasteiger partial charge in [-0.3, -0.25) is 4.90 Å². The average Bonchev–Trinajstić information content (AvgIpc) is 3.23. The molecule has 0 unspecified atom stereocenters. The van der Waals surface area contributed by atoms with Crippen LogP contribution in [0.4, 0.5) is 21.9 Å². The van der Waals surface area contributed by atoms with E-state index in [-0.39, 0.29) is 12.0 Å². The summed E-state index contributed by atoms with van der Waals surface area (Å²) < 4.78 is 5.68. The van der Waals surface area contributed by atoms with Crippen LogP contribution in [-0.2, 0) is 6.42 Å². The van der Waals surface area contributed by atoms with Crippen LogP contribution in [0.1, 0.15) is 5.56 Å². The number of nitrogens with zero attached hydrogens (tertiary/aromatic N) is 5. The Morgan fingerprint density at radius 3 is 2.58 bits per heavy atom. The van der Waals surface area contributed by atoms with Gasteiger partial charge in [-0.05, 0) is 49.4 Å². The van der Waals surface area contributed by atoms with E-state index in [1.165, 1.54) is 0 Å². The number of urea groups is 1. The monoisotopic (exact) mass is 464 g/mol. The minimum absolute atomic E-state index is 0.187. The maximum Gasteiger partial charge on any atom is 0.326 e. The zero-order valence-electron chi connectivity index (χ0n) is 18.4. The predicted molar refractivity (Wildman–Crippen MR) is 130 cm³/mol. The van der Waals surface area contributed by atoms with Gasteiger partial charge in [-0.15, -0.1) is 0 Å². The fourth-order valence-electron chi connectivity index (χ4n) is 4.17. The third-order valence-electron chi connectivity index (χ3n) is 5.97. The summed E-state index contributed by atoms with van der Waals surface area (Å²) in [5.41, 5.74) is 3.62. The summed E-state index contributed by atoms with van der Waals surface area (Å²) in [6.45, 7) is 4.42. The van der Waals surface area contributed by atoms with Crippen molar-refractivity contribution < 1.29 is 9.53 Å². The minimum Gasteiger partial charge on any atom is -0.424 e. The summed E-state index contributed by atoms with van der Waals surface area (Å²) in [5.74, 6) is 0.546. The maximum atomic E-state index is 13.2. The van der Waals surface area contributed by atoms with Crippen LogP contribution in [0.2, 0.25) is 5.02 Å². The van der Waals surface area contributed by atoms with Crippen molar-refractivity contribution in [1.82, 2.24) is 14.9 Å². The molecule has 2 aliphatic heterocycles. The molecule has 0 bridgehead atoms. The third-order valence-corrected chi connectivity index (χ3v) is 6.27. The fourth-order valence-corrected chi connectivity index (χ4v) is 4.47. The molecule has 0 radical (unpaired) electrons. The maximum absolute atomic E-state index is 13.2. The topological polar surface area (TPSA) is 73.8 Å². The summed E-state index contributed by atoms with van der Waals surface area (Å²) in [6.07, 6.45) is 4.00. The molecule has 2 aromatic carbocycles. The number of piperazine rings is 1. The van der Waals surface area contributed by atoms with Crippen LogP contribution in [0.25, 0.3) is 0 Å². The van der Waals surface area contributed by atoms with Gasteiger partial charge in [0.05, 0.1) is 16.4 Å². The highest BCUT2D eigenvalue weighted by Crippen LogP contribution is 2.38. The lowest BCUT2D eigenvalue weighted by molar-refractivity contribution is 0.257. The number of fused-ring (bicyclic) bond motifs is 1. The number of aromatic nitrogens is 2. The molecule has 1 N–H and O–H groups in total. The predicted octanol–water partition coefficient (Wildman–Crippen LogP) is 4.27. The van der Waals surface area contributed by atoms with Crippen LogP contribution in [0.5, 0.6) is 11.8 Å². The van der Waals surface area contributed by atoms with Crippen LogP contribution in [0.15, 0.2) is 54.9 Å². The van der Waals surface area contributed by atoms with Crippen molar-refractivity contribution >= 4 is 34.7 Å². The molecule has 33 heavy (non-hydrogen) atoms. The van der Waals surface area contributed by atoms with Gasteiger partial charge in [0.2, 0.25) is 0 Å². The molecule has 8 nitrogen and oxygen atoms in total. The molecule has 3 aromatic rings. The summed E-state index contributed by atoms with van der Waals surface area (Å²) in [6, 6.07) is 13.0. The number of carbonyl (C=O) groups is 1. The Hall–Kier alpha value is -3.36. The van der Waals surface area contributed by atoms with Crippen LogP contribution >= 0.6 is 11.6 Å². The lowest BCUT2D eigenvalue weighted by Crippen LogP contribution is -2.44. The van der Waals surface area contributed by atoms with Crippen LogP contribution in [0.3, 0.4) is 0 Å². The molecule has 0 aliphatic carbocycles. The van der Waals surface area contributed by atoms with Crippen molar-refractivity contribution in [3.05, 3.63) is 65.4 Å². The van der Waals surface area contributed by atoms with Gasteiger partial charge in [-0.25, -0.2) is 14.8 Å². The zero-order chi connectivity index (χ0) is 22.8. The summed E-state index contributed by atoms with van der Waals surface area (Å²) in [5, 5.41) is 3.73. The highest BCUT2D eigenvalue weighted by atomic mass is 35.5. The molecule has 2 amide bonds. The zero-order valence-corrected chi connectivity index (χ0v) is 19.1. The molecule has 0 atom stereocenters. The van der Waals surface area contributed by atoms with Gasteiger partial charge >= 0.3 is 12.0 Å². The number of ether oxygens (including phenoxy) is 1. The van der Waals surface area contributed by atoms with E-state index in [1.54, 1.807) is 35.5 Å². The molecular weight excluding hydrogens is 440 g/mol. The Kier molecular flexibility index (Phi) is 6.02. The van der Waals surface area contributed by atoms with Gasteiger partial charge in [-0.1, -0.05) is 17.7 Å². The molecule has 0 saturated carbocycles. The van der Waals surface area contributed by atoms with E-state index in [0.717, 1.165) is 54.6 Å². The first-order chi connectivity index (χ1) is 16.1. The third kappa shape index (κ3) is 4.72. The molecular formula is C24H25ClN6O2. The first-order valence-corrected chi connectivity index (χ1v) is 11.3. The molecule has 1 aromatic heterocycles. The second-order valence-corrected chi connectivity index (χ2v) is 8.62. The first kappa shape index (κ1) is 21.5. The van der Waals surface area contributed by atoms with Crippen molar-refractivity contribution in [1.29, 1.82) is 0 Å². The lowest BCUT2D eigenvalue weighted by Gasteiger charge is -2.35. The first-order valence-electron chi connectivity index (χ1n) is 11.0. The standard InChI is InChI=1S/C24H25ClN6O2/c1-29-10-12-30(13-11-29)22-16-21-17(14-20(22)25)6-9-31(21)24(32)28-18-4-2-5-19(15-18)33-23-26-7-3-8-27-23/h2-5,7-8,14-16H,6,9-13H2,1H3,(H,28,32). The van der Waals surface area contributed by atoms with E-state index in [0.29, 0.717) is 18.0 Å². The summed E-state index contributed by atoms with van der Waals surface area (Å²) >= 11 is 6.62. The van der Waals surface area contributed by atoms with Gasteiger partial charge < -0.3 is 19.9 Å². The normalized spacial score (nSPS) is 15.9. The molecule has 9 heteroatoms. The Morgan fingerprint density at radius 2 is 1.79 bits per heavy atom. The highest BCUT2D eigenvalue weighted by Gasteiger charge is 2.28. The van der Waals surface area contributed by atoms with E-state index in [2.05, 4.69) is 38.2 Å². The van der Waals surface area contributed by atoms with Crippen molar-refractivity contribution in [2.75, 3.05) is 54.9 Å². The van der Waals surface area contributed by atoms with Crippen LogP contribution in [0, 0.1) is 0 Å². The number of halogens is 1. The van der Waals surface area contributed by atoms with Crippen molar-refractivity contribution in [3.63, 3.8) is 0 Å². The van der Waals surface area contributed by atoms with Gasteiger partial charge in [0.1, 0.15) is 5.75 Å². The number of benzene rings is 2. The molecule has 3 heterocycles. The quantitative estimate of drug-likeness (QED) is 0.621. The molecule has 2 aliphatic rings. The average molecular weight is 465 g/mol. The number of anilines is 3. The van der Waals surface area contributed by atoms with E-state index in [9.17, 15) is 4.79 Å². The van der Waals surface area contributed by atoms with Gasteiger partial charge in [0, 0.05) is 56.9 Å². The van der Waals surface area contributed by atoms with Gasteiger partial charge in [-0.2, -0.15) is 0 Å². The van der Waals surface area contributed by atoms with Crippen LogP contribution in [-0.4, -0.2) is 60.7 Å². The van der Waals surface area contributed by atoms with E-state index >= 15 is 0 Å². The molecule has 1 fully saturated rings. The number of nitrogens with one attached hydrogen (secondary N) is 1. The number of amides is 2. The second kappa shape index (κ2) is 9.25. The van der Waals surface area contributed by atoms with Crippen LogP contribution < -0.4 is 19.9 Å². The largest absolute Gasteiger partial charge is 0.424 e. The Balaban J connectivity index is 1.32. The van der Waals surface area contributed by atoms with Gasteiger partial charge in [0.15, 0.2) is 0 Å². The smallest absolute Gasteiger partial charge is 0.326 e. The minimum atomic E-state index is -0.187. The van der Waals surface area contributed by atoms with E-state index in [4.69, 9.17) is 16.3 Å². The number of likely N-dealkylation sites (N-methyl/N-ethyl adjacent to an activating group) is 1. The number of hydrogen-bond donors (Lipinski definition) is 1. The van der Waals surface area contributed by atoms with Crippen molar-refractivity contribution in [2.45, 2.75) is 6.42 Å². The van der Waals surface area contributed by atoms with Gasteiger partial charge in [0.25, 0.3) is 0 Å². The molecule has 5 rings (SSSR count). The SMILES string of the molecule is CN1CCN(c2cc3c(cc2Cl)CCN3C(=O)Nc2cccc(Oc3ncccn3)c2)CC1. The Bertz CT molecular complexity index is 1150. The number of carbonyl (C=O) groups excluding carboxylic acids is 1. The summed E-state index contributed by atoms with van der Waals surface area (Å²) in [4.78, 5) is 27.7. The molecule has 1 saturated heterocycles. The Labute approximate surface area is 197 Å². The van der Waals surface area contributed by atoms with Crippen molar-refractivity contribution in [3.8, 4) is 11.8 Å². The highest BCUT2D eigenvalue weighted by molar-refractivity contribution is 6.33. The lowest BCUT2D eigenvalue weighted by atomic mass is 10.1. The van der Waals surface area contributed by atoms with E-state index in [1.807, 2.05) is 18.2 Å². The summed E-state index contributed by atoms with van der Waals surface area (Å²) in [7, 11) is 2.13.